The summed E-state index contributed by atoms with van der Waals surface area (Å²) in [5.74, 6) is -0.540. The molecule has 7 rings (SSSR count). The number of benzene rings is 2. The number of ether oxygens (including phenoxy) is 3. The number of alkyl halides is 3. The van der Waals surface area contributed by atoms with E-state index < -0.39 is 35.8 Å². The lowest BCUT2D eigenvalue weighted by molar-refractivity contribution is -0.198. The number of hydrogen-bond donors (Lipinski definition) is 1. The molecule has 56 heavy (non-hydrogen) atoms. The van der Waals surface area contributed by atoms with E-state index in [2.05, 4.69) is 15.1 Å². The second-order valence-electron chi connectivity index (χ2n) is 15.1. The zero-order valence-electron chi connectivity index (χ0n) is 31.7. The summed E-state index contributed by atoms with van der Waals surface area (Å²) in [6.07, 6.45) is 0.406. The highest BCUT2D eigenvalue weighted by atomic mass is 19.4. The van der Waals surface area contributed by atoms with Gasteiger partial charge >= 0.3 is 18.2 Å². The number of anilines is 2. The van der Waals surface area contributed by atoms with Crippen LogP contribution in [0.4, 0.5) is 29.7 Å². The largest absolute Gasteiger partial charge is 0.464 e. The Bertz CT molecular complexity index is 1990. The SMILES string of the molecule is CCOC(=O)[C@@H]1CC2(CCN(c3cc(O[C@H](c4cc(C5CCCCC5)ccc4-n4ccc(C)n4)C(F)(F)F)nc(N)n3)CC2)CN1C(=O)OCc1ccccc1. The molecule has 2 aliphatic heterocycles. The average molecular weight is 776 g/mol. The van der Waals surface area contributed by atoms with Crippen LogP contribution >= 0.6 is 0 Å². The van der Waals surface area contributed by atoms with Crippen molar-refractivity contribution in [2.45, 2.75) is 96.1 Å². The number of amides is 1. The van der Waals surface area contributed by atoms with Gasteiger partial charge < -0.3 is 24.8 Å². The first-order valence-electron chi connectivity index (χ1n) is 19.3. The number of halogens is 3. The van der Waals surface area contributed by atoms with Crippen molar-refractivity contribution in [2.24, 2.45) is 5.41 Å². The summed E-state index contributed by atoms with van der Waals surface area (Å²) in [4.78, 5) is 38.3. The molecule has 15 heteroatoms. The summed E-state index contributed by atoms with van der Waals surface area (Å²) in [5, 5.41) is 4.42. The zero-order chi connectivity index (χ0) is 39.5. The Morgan fingerprint density at radius 3 is 2.41 bits per heavy atom. The summed E-state index contributed by atoms with van der Waals surface area (Å²) in [6.45, 7) is 4.91. The fourth-order valence-corrected chi connectivity index (χ4v) is 8.38. The van der Waals surface area contributed by atoms with E-state index in [1.807, 2.05) is 41.3 Å². The number of nitrogens with zero attached hydrogens (tertiary/aromatic N) is 6. The number of aromatic nitrogens is 4. The maximum absolute atomic E-state index is 15.1. The normalized spacial score (nSPS) is 19.2. The van der Waals surface area contributed by atoms with Crippen LogP contribution < -0.4 is 15.4 Å². The van der Waals surface area contributed by atoms with Crippen molar-refractivity contribution >= 4 is 23.8 Å². The topological polar surface area (TPSA) is 138 Å². The molecule has 2 aromatic heterocycles. The van der Waals surface area contributed by atoms with Gasteiger partial charge in [-0.05, 0) is 86.6 Å². The number of hydrogen-bond acceptors (Lipinski definition) is 10. The minimum atomic E-state index is -4.81. The summed E-state index contributed by atoms with van der Waals surface area (Å²) in [6, 6.07) is 16.8. The Morgan fingerprint density at radius 1 is 0.982 bits per heavy atom. The van der Waals surface area contributed by atoms with Gasteiger partial charge in [0.05, 0.1) is 18.0 Å². The van der Waals surface area contributed by atoms with E-state index in [-0.39, 0.29) is 42.2 Å². The quantitative estimate of drug-likeness (QED) is 0.159. The Labute approximate surface area is 324 Å². The van der Waals surface area contributed by atoms with Crippen molar-refractivity contribution in [1.29, 1.82) is 0 Å². The van der Waals surface area contributed by atoms with E-state index in [4.69, 9.17) is 19.9 Å². The Kier molecular flexibility index (Phi) is 11.4. The smallest absolute Gasteiger partial charge is 0.429 e. The minimum absolute atomic E-state index is 0.0634. The number of nitrogen functional groups attached to an aromatic ring is 1. The molecule has 4 heterocycles. The van der Waals surface area contributed by atoms with Gasteiger partial charge in [-0.2, -0.15) is 28.2 Å². The zero-order valence-corrected chi connectivity index (χ0v) is 31.7. The van der Waals surface area contributed by atoms with Crippen molar-refractivity contribution in [3.05, 3.63) is 89.2 Å². The van der Waals surface area contributed by atoms with Crippen LogP contribution in [-0.4, -0.2) is 75.2 Å². The number of likely N-dealkylation sites (tertiary alicyclic amines) is 1. The molecule has 2 aromatic carbocycles. The van der Waals surface area contributed by atoms with Gasteiger partial charge in [0.1, 0.15) is 18.5 Å². The molecule has 1 aliphatic carbocycles. The molecule has 3 fully saturated rings. The molecule has 0 radical (unpaired) electrons. The summed E-state index contributed by atoms with van der Waals surface area (Å²) in [7, 11) is 0. The Hall–Kier alpha value is -5.34. The first kappa shape index (κ1) is 38.9. The third-order valence-corrected chi connectivity index (χ3v) is 11.3. The Balaban J connectivity index is 1.10. The van der Waals surface area contributed by atoms with Crippen molar-refractivity contribution in [3.8, 4) is 11.6 Å². The number of nitrogens with two attached hydrogens (primary N) is 1. The molecule has 0 bridgehead atoms. The van der Waals surface area contributed by atoms with Crippen LogP contribution in [0.5, 0.6) is 5.88 Å². The van der Waals surface area contributed by atoms with Crippen LogP contribution in [-0.2, 0) is 20.9 Å². The number of aryl methyl sites for hydroxylation is 1. The van der Waals surface area contributed by atoms with Crippen LogP contribution in [0.25, 0.3) is 5.69 Å². The number of carbonyl (C=O) groups excluding carboxylic acids is 2. The maximum atomic E-state index is 15.1. The van der Waals surface area contributed by atoms with Gasteiger partial charge in [-0.3, -0.25) is 4.90 Å². The van der Waals surface area contributed by atoms with Crippen molar-refractivity contribution < 1.29 is 37.0 Å². The summed E-state index contributed by atoms with van der Waals surface area (Å²) >= 11 is 0. The molecule has 2 N–H and O–H groups in total. The molecular weight excluding hydrogens is 727 g/mol. The van der Waals surface area contributed by atoms with Crippen LogP contribution in [0, 0.1) is 12.3 Å². The minimum Gasteiger partial charge on any atom is -0.464 e. The van der Waals surface area contributed by atoms with Gasteiger partial charge in [-0.15, -0.1) is 0 Å². The molecule has 1 spiro atoms. The molecule has 0 unspecified atom stereocenters. The first-order valence-corrected chi connectivity index (χ1v) is 19.3. The van der Waals surface area contributed by atoms with E-state index in [0.29, 0.717) is 50.4 Å². The standard InChI is InChI=1S/C41H48F3N7O5/c1-3-54-37(52)33-24-40(26-50(33)39(53)55-25-28-10-6-4-7-11-28)17-20-49(21-18-40)34-23-35(47-38(45)46-34)56-36(41(42,43)44)31-22-30(29-12-8-5-9-13-29)14-15-32(31)51-19-16-27(2)48-51/h4,6-7,10-11,14-16,19,22-23,29,33,36H,3,5,8-9,12-13,17-18,20-21,24-26H2,1-2H3,(H2,45,46,47)/t33-,36+/m0/s1. The molecule has 1 saturated carbocycles. The van der Waals surface area contributed by atoms with Gasteiger partial charge in [-0.25, -0.2) is 14.3 Å². The van der Waals surface area contributed by atoms with Gasteiger partial charge in [0.2, 0.25) is 17.9 Å². The van der Waals surface area contributed by atoms with Gasteiger partial charge in [0.15, 0.2) is 0 Å². The fourth-order valence-electron chi connectivity index (χ4n) is 8.38. The lowest BCUT2D eigenvalue weighted by atomic mass is 9.76. The predicted molar refractivity (Wildman–Crippen MR) is 202 cm³/mol. The van der Waals surface area contributed by atoms with Gasteiger partial charge in [0.25, 0.3) is 0 Å². The maximum Gasteiger partial charge on any atom is 0.429 e. The second-order valence-corrected chi connectivity index (χ2v) is 15.1. The third kappa shape index (κ3) is 8.71. The van der Waals surface area contributed by atoms with Crippen LogP contribution in [0.3, 0.4) is 0 Å². The first-order chi connectivity index (χ1) is 26.9. The van der Waals surface area contributed by atoms with Crippen LogP contribution in [0.1, 0.15) is 92.7 Å². The van der Waals surface area contributed by atoms with Crippen LogP contribution in [0.2, 0.25) is 0 Å². The van der Waals surface area contributed by atoms with E-state index in [0.717, 1.165) is 43.2 Å². The van der Waals surface area contributed by atoms with E-state index >= 15 is 13.2 Å². The monoisotopic (exact) mass is 775 g/mol. The molecule has 4 aromatic rings. The Morgan fingerprint density at radius 2 is 1.73 bits per heavy atom. The van der Waals surface area contributed by atoms with E-state index in [9.17, 15) is 9.59 Å². The lowest BCUT2D eigenvalue weighted by Gasteiger charge is -2.39. The molecule has 1 amide bonds. The second kappa shape index (κ2) is 16.4. The van der Waals surface area contributed by atoms with Gasteiger partial charge in [-0.1, -0.05) is 55.7 Å². The number of piperidine rings is 1. The molecule has 12 nitrogen and oxygen atoms in total. The molecule has 2 atom stereocenters. The van der Waals surface area contributed by atoms with Gasteiger partial charge in [0, 0.05) is 37.5 Å². The predicted octanol–water partition coefficient (Wildman–Crippen LogP) is 7.84. The number of carbonyl (C=O) groups is 2. The number of rotatable bonds is 10. The highest BCUT2D eigenvalue weighted by Gasteiger charge is 2.51. The summed E-state index contributed by atoms with van der Waals surface area (Å²) in [5.41, 5.74) is 8.24. The lowest BCUT2D eigenvalue weighted by Crippen LogP contribution is -2.43. The van der Waals surface area contributed by atoms with E-state index in [1.165, 1.54) is 15.6 Å². The molecular formula is C41H48F3N7O5. The van der Waals surface area contributed by atoms with Crippen molar-refractivity contribution in [2.75, 3.05) is 36.9 Å². The summed E-state index contributed by atoms with van der Waals surface area (Å²) < 4.78 is 63.6. The molecule has 3 aliphatic rings. The highest BCUT2D eigenvalue weighted by Crippen LogP contribution is 2.46. The number of esters is 1. The molecule has 298 valence electrons. The highest BCUT2D eigenvalue weighted by molar-refractivity contribution is 5.82. The third-order valence-electron chi connectivity index (χ3n) is 11.3. The fraction of sp³-hybridized carbons (Fsp3) is 0.488. The molecule has 2 saturated heterocycles. The average Bonchev–Trinajstić information content (AvgIpc) is 3.80. The van der Waals surface area contributed by atoms with Crippen molar-refractivity contribution in [1.82, 2.24) is 24.6 Å². The van der Waals surface area contributed by atoms with E-state index in [1.54, 1.807) is 38.2 Å². The van der Waals surface area contributed by atoms with Crippen LogP contribution in [0.15, 0.2) is 66.9 Å². The van der Waals surface area contributed by atoms with Crippen molar-refractivity contribution in [3.63, 3.8) is 0 Å².